The fraction of sp³-hybridized carbons (Fsp3) is 0.200. The van der Waals surface area contributed by atoms with Crippen molar-refractivity contribution >= 4 is 35.1 Å². The summed E-state index contributed by atoms with van der Waals surface area (Å²) < 4.78 is 5.25. The summed E-state index contributed by atoms with van der Waals surface area (Å²) in [5, 5.41) is 2.41. The number of nitrogens with one attached hydrogen (secondary N) is 1. The number of benzene rings is 1. The quantitative estimate of drug-likeness (QED) is 0.886. The molecule has 0 saturated carbocycles. The van der Waals surface area contributed by atoms with Gasteiger partial charge < -0.3 is 10.5 Å². The molecular formula is C10H10Cl2N2O3. The Balaban J connectivity index is 2.74. The van der Waals surface area contributed by atoms with E-state index in [1.807, 2.05) is 5.32 Å². The largest absolute Gasteiger partial charge is 0.479 e. The zero-order valence-electron chi connectivity index (χ0n) is 8.87. The van der Waals surface area contributed by atoms with E-state index >= 15 is 0 Å². The third kappa shape index (κ3) is 3.80. The zero-order valence-corrected chi connectivity index (χ0v) is 10.4. The van der Waals surface area contributed by atoms with Crippen LogP contribution in [0.15, 0.2) is 18.2 Å². The molecule has 5 nitrogen and oxygen atoms in total. The van der Waals surface area contributed by atoms with Crippen molar-refractivity contribution in [3.8, 4) is 5.75 Å². The first-order chi connectivity index (χ1) is 7.91. The number of hydrogen-bond acceptors (Lipinski definition) is 3. The number of hydrogen-bond donors (Lipinski definition) is 2. The van der Waals surface area contributed by atoms with Crippen LogP contribution in [-0.4, -0.2) is 18.0 Å². The van der Waals surface area contributed by atoms with Crippen LogP contribution in [0.2, 0.25) is 10.0 Å². The van der Waals surface area contributed by atoms with Crippen molar-refractivity contribution in [3.05, 3.63) is 28.2 Å². The molecule has 0 radical (unpaired) electrons. The molecule has 0 unspecified atom stereocenters. The lowest BCUT2D eigenvalue weighted by molar-refractivity contribution is -0.126. The lowest BCUT2D eigenvalue weighted by Gasteiger charge is -2.14. The van der Waals surface area contributed by atoms with Crippen molar-refractivity contribution in [1.82, 2.24) is 5.32 Å². The minimum atomic E-state index is -0.942. The van der Waals surface area contributed by atoms with E-state index in [0.29, 0.717) is 5.02 Å². The summed E-state index contributed by atoms with van der Waals surface area (Å²) in [6.07, 6.45) is -0.918. The molecule has 3 amide bonds. The molecule has 1 aromatic rings. The summed E-state index contributed by atoms with van der Waals surface area (Å²) in [4.78, 5) is 21.8. The molecule has 92 valence electrons. The summed E-state index contributed by atoms with van der Waals surface area (Å²) in [7, 11) is 0. The van der Waals surface area contributed by atoms with E-state index in [-0.39, 0.29) is 10.8 Å². The van der Waals surface area contributed by atoms with Gasteiger partial charge in [0.15, 0.2) is 6.10 Å². The molecule has 0 aliphatic heterocycles. The molecule has 0 heterocycles. The van der Waals surface area contributed by atoms with E-state index in [1.54, 1.807) is 18.2 Å². The minimum absolute atomic E-state index is 0.202. The number of imide groups is 1. The second kappa shape index (κ2) is 5.75. The lowest BCUT2D eigenvalue weighted by atomic mass is 10.3. The third-order valence-electron chi connectivity index (χ3n) is 1.84. The van der Waals surface area contributed by atoms with Gasteiger partial charge in [0.1, 0.15) is 10.8 Å². The molecule has 1 rings (SSSR count). The van der Waals surface area contributed by atoms with Crippen LogP contribution in [0.25, 0.3) is 0 Å². The van der Waals surface area contributed by atoms with Gasteiger partial charge in [0.25, 0.3) is 5.91 Å². The monoisotopic (exact) mass is 276 g/mol. The molecule has 0 aliphatic carbocycles. The van der Waals surface area contributed by atoms with E-state index < -0.39 is 18.0 Å². The van der Waals surface area contributed by atoms with Gasteiger partial charge in [-0.05, 0) is 19.1 Å². The first-order valence-corrected chi connectivity index (χ1v) is 5.38. The van der Waals surface area contributed by atoms with Crippen LogP contribution in [0.1, 0.15) is 6.92 Å². The number of urea groups is 1. The van der Waals surface area contributed by atoms with Gasteiger partial charge in [-0.25, -0.2) is 4.79 Å². The normalized spacial score (nSPS) is 11.7. The third-order valence-corrected chi connectivity index (χ3v) is 2.64. The highest BCUT2D eigenvalue weighted by Gasteiger charge is 2.17. The van der Waals surface area contributed by atoms with Crippen LogP contribution in [0.4, 0.5) is 4.79 Å². The van der Waals surface area contributed by atoms with E-state index in [9.17, 15) is 9.59 Å². The first-order valence-electron chi connectivity index (χ1n) is 4.62. The van der Waals surface area contributed by atoms with Crippen LogP contribution in [0.3, 0.4) is 0 Å². The second-order valence-electron chi connectivity index (χ2n) is 3.17. The molecule has 0 spiro atoms. The Labute approximate surface area is 108 Å². The van der Waals surface area contributed by atoms with Crippen molar-refractivity contribution in [1.29, 1.82) is 0 Å². The molecule has 7 heteroatoms. The molecule has 0 saturated heterocycles. The number of halogens is 2. The highest BCUT2D eigenvalue weighted by atomic mass is 35.5. The zero-order chi connectivity index (χ0) is 13.0. The van der Waals surface area contributed by atoms with Gasteiger partial charge in [-0.3, -0.25) is 10.1 Å². The molecule has 0 bridgehead atoms. The molecule has 3 N–H and O–H groups in total. The molecule has 0 fully saturated rings. The van der Waals surface area contributed by atoms with Gasteiger partial charge >= 0.3 is 6.03 Å². The molecule has 1 aromatic carbocycles. The summed E-state index contributed by atoms with van der Waals surface area (Å²) in [5.74, 6) is -0.403. The van der Waals surface area contributed by atoms with Crippen molar-refractivity contribution in [2.24, 2.45) is 5.73 Å². The fourth-order valence-electron chi connectivity index (χ4n) is 1.04. The standard InChI is InChI=1S/C10H10Cl2N2O3/c1-5(9(15)14-10(13)16)17-7-4-2-3-6(11)8(7)12/h2-5H,1H3,(H3,13,14,15,16)/t5-/m0/s1. The molecule has 17 heavy (non-hydrogen) atoms. The summed E-state index contributed by atoms with van der Waals surface area (Å²) in [5.41, 5.74) is 4.80. The van der Waals surface area contributed by atoms with Crippen LogP contribution in [0, 0.1) is 0 Å². The van der Waals surface area contributed by atoms with Crippen LogP contribution in [0.5, 0.6) is 5.75 Å². The van der Waals surface area contributed by atoms with Gasteiger partial charge in [0.2, 0.25) is 0 Å². The average Bonchev–Trinajstić information content (AvgIpc) is 2.23. The van der Waals surface area contributed by atoms with Gasteiger partial charge in [0, 0.05) is 0 Å². The number of ether oxygens (including phenoxy) is 1. The lowest BCUT2D eigenvalue weighted by Crippen LogP contribution is -2.42. The van der Waals surface area contributed by atoms with Gasteiger partial charge in [0.05, 0.1) is 5.02 Å². The van der Waals surface area contributed by atoms with Crippen molar-refractivity contribution in [3.63, 3.8) is 0 Å². The smallest absolute Gasteiger partial charge is 0.318 e. The Morgan fingerprint density at radius 3 is 2.65 bits per heavy atom. The maximum Gasteiger partial charge on any atom is 0.318 e. The molecule has 1 atom stereocenters. The fourth-order valence-corrected chi connectivity index (χ4v) is 1.38. The summed E-state index contributed by atoms with van der Waals surface area (Å²) >= 11 is 11.6. The molecule has 0 aromatic heterocycles. The van der Waals surface area contributed by atoms with Crippen LogP contribution >= 0.6 is 23.2 Å². The number of carbonyl (C=O) groups is 2. The number of nitrogens with two attached hydrogens (primary N) is 1. The summed E-state index contributed by atoms with van der Waals surface area (Å²) in [6, 6.07) is 3.83. The summed E-state index contributed by atoms with van der Waals surface area (Å²) in [6.45, 7) is 1.45. The van der Waals surface area contributed by atoms with E-state index in [2.05, 4.69) is 0 Å². The molecule has 0 aliphatic rings. The SMILES string of the molecule is C[C@H](Oc1cccc(Cl)c1Cl)C(=O)NC(N)=O. The van der Waals surface area contributed by atoms with Crippen LogP contribution < -0.4 is 15.8 Å². The Kier molecular flexibility index (Phi) is 4.60. The van der Waals surface area contributed by atoms with Gasteiger partial charge in [-0.1, -0.05) is 29.3 Å². The van der Waals surface area contributed by atoms with E-state index in [0.717, 1.165) is 0 Å². The maximum atomic E-state index is 11.3. The highest BCUT2D eigenvalue weighted by molar-refractivity contribution is 6.42. The minimum Gasteiger partial charge on any atom is -0.479 e. The maximum absolute atomic E-state index is 11.3. The Hall–Kier alpha value is -1.46. The Morgan fingerprint density at radius 2 is 2.06 bits per heavy atom. The predicted octanol–water partition coefficient (Wildman–Crippen LogP) is 1.96. The molecular weight excluding hydrogens is 267 g/mol. The predicted molar refractivity (Wildman–Crippen MR) is 64.3 cm³/mol. The van der Waals surface area contributed by atoms with Crippen molar-refractivity contribution in [2.75, 3.05) is 0 Å². The number of amides is 3. The Bertz CT molecular complexity index is 451. The van der Waals surface area contributed by atoms with Gasteiger partial charge in [-0.15, -0.1) is 0 Å². The second-order valence-corrected chi connectivity index (χ2v) is 3.95. The first kappa shape index (κ1) is 13.6. The van der Waals surface area contributed by atoms with Crippen LogP contribution in [-0.2, 0) is 4.79 Å². The number of carbonyl (C=O) groups excluding carboxylic acids is 2. The van der Waals surface area contributed by atoms with Gasteiger partial charge in [-0.2, -0.15) is 0 Å². The topological polar surface area (TPSA) is 81.4 Å². The highest BCUT2D eigenvalue weighted by Crippen LogP contribution is 2.31. The number of primary amides is 1. The average molecular weight is 277 g/mol. The van der Waals surface area contributed by atoms with Crippen molar-refractivity contribution in [2.45, 2.75) is 13.0 Å². The van der Waals surface area contributed by atoms with Crippen molar-refractivity contribution < 1.29 is 14.3 Å². The van der Waals surface area contributed by atoms with E-state index in [4.69, 9.17) is 33.7 Å². The number of rotatable bonds is 3. The van der Waals surface area contributed by atoms with E-state index in [1.165, 1.54) is 6.92 Å². The Morgan fingerprint density at radius 1 is 1.41 bits per heavy atom.